The van der Waals surface area contributed by atoms with Crippen molar-refractivity contribution in [2.45, 2.75) is 13.3 Å². The fourth-order valence-corrected chi connectivity index (χ4v) is 2.09. The lowest BCUT2D eigenvalue weighted by Crippen LogP contribution is -2.28. The number of benzene rings is 1. The predicted molar refractivity (Wildman–Crippen MR) is 88.9 cm³/mol. The van der Waals surface area contributed by atoms with Crippen LogP contribution in [0.5, 0.6) is 5.75 Å². The summed E-state index contributed by atoms with van der Waals surface area (Å²) in [6, 6.07) is 8.96. The monoisotopic (exact) mass is 337 g/mol. The van der Waals surface area contributed by atoms with Gasteiger partial charge >= 0.3 is 0 Å². The van der Waals surface area contributed by atoms with E-state index in [1.807, 2.05) is 24.1 Å². The third kappa shape index (κ3) is 6.30. The van der Waals surface area contributed by atoms with Crippen molar-refractivity contribution in [1.29, 1.82) is 0 Å². The molecule has 0 unspecified atom stereocenters. The summed E-state index contributed by atoms with van der Waals surface area (Å²) < 4.78 is 10.5. The third-order valence-electron chi connectivity index (χ3n) is 3.15. The Morgan fingerprint density at radius 2 is 2.22 bits per heavy atom. The first-order valence-electron chi connectivity index (χ1n) is 7.33. The van der Waals surface area contributed by atoms with Gasteiger partial charge in [-0.15, -0.1) is 0 Å². The lowest BCUT2D eigenvalue weighted by molar-refractivity contribution is -0.116. The van der Waals surface area contributed by atoms with Gasteiger partial charge in [0.2, 0.25) is 5.91 Å². The Labute approximate surface area is 140 Å². The molecule has 0 saturated carbocycles. The van der Waals surface area contributed by atoms with Gasteiger partial charge in [0.05, 0.1) is 0 Å². The molecule has 7 heteroatoms. The summed E-state index contributed by atoms with van der Waals surface area (Å²) in [4.78, 5) is 13.8. The van der Waals surface area contributed by atoms with Crippen molar-refractivity contribution in [2.24, 2.45) is 0 Å². The first-order valence-corrected chi connectivity index (χ1v) is 7.71. The van der Waals surface area contributed by atoms with E-state index in [4.69, 9.17) is 20.9 Å². The van der Waals surface area contributed by atoms with Gasteiger partial charge in [0, 0.05) is 30.6 Å². The second-order valence-corrected chi connectivity index (χ2v) is 5.67. The molecule has 124 valence electrons. The summed E-state index contributed by atoms with van der Waals surface area (Å²) in [6.07, 6.45) is 0.375. The molecule has 0 aliphatic rings. The van der Waals surface area contributed by atoms with Gasteiger partial charge in [0.25, 0.3) is 0 Å². The van der Waals surface area contributed by atoms with E-state index < -0.39 is 0 Å². The van der Waals surface area contributed by atoms with Crippen molar-refractivity contribution < 1.29 is 14.1 Å². The summed E-state index contributed by atoms with van der Waals surface area (Å²) in [5.74, 6) is 1.75. The lowest BCUT2D eigenvalue weighted by atomic mass is 10.3. The van der Waals surface area contributed by atoms with E-state index in [2.05, 4.69) is 10.5 Å². The Bertz CT molecular complexity index is 645. The number of nitrogens with zero attached hydrogens (tertiary/aromatic N) is 2. The number of amides is 1. The van der Waals surface area contributed by atoms with Crippen LogP contribution in [0.1, 0.15) is 12.2 Å². The van der Waals surface area contributed by atoms with Crippen LogP contribution in [-0.4, -0.2) is 42.7 Å². The molecule has 0 aliphatic carbocycles. The number of likely N-dealkylation sites (N-methyl/N-ethyl adjacent to an activating group) is 1. The van der Waals surface area contributed by atoms with E-state index in [-0.39, 0.29) is 5.91 Å². The van der Waals surface area contributed by atoms with Crippen molar-refractivity contribution in [2.75, 3.05) is 32.1 Å². The third-order valence-corrected chi connectivity index (χ3v) is 3.39. The van der Waals surface area contributed by atoms with Crippen LogP contribution in [0.25, 0.3) is 0 Å². The molecule has 1 heterocycles. The molecule has 2 aromatic rings. The second-order valence-electron chi connectivity index (χ2n) is 5.23. The quantitative estimate of drug-likeness (QED) is 0.802. The van der Waals surface area contributed by atoms with Crippen LogP contribution in [0.4, 0.5) is 5.82 Å². The van der Waals surface area contributed by atoms with Crippen LogP contribution in [0.15, 0.2) is 34.9 Å². The van der Waals surface area contributed by atoms with E-state index in [0.29, 0.717) is 42.7 Å². The van der Waals surface area contributed by atoms with Crippen LogP contribution in [0.3, 0.4) is 0 Å². The van der Waals surface area contributed by atoms with Gasteiger partial charge in [-0.2, -0.15) is 0 Å². The highest BCUT2D eigenvalue weighted by Gasteiger charge is 2.08. The number of halogens is 1. The minimum absolute atomic E-state index is 0.0964. The zero-order valence-electron chi connectivity index (χ0n) is 13.2. The van der Waals surface area contributed by atoms with Crippen LogP contribution >= 0.6 is 11.6 Å². The van der Waals surface area contributed by atoms with Gasteiger partial charge in [0.15, 0.2) is 5.82 Å². The molecule has 0 bridgehead atoms. The zero-order chi connectivity index (χ0) is 16.7. The van der Waals surface area contributed by atoms with E-state index in [1.165, 1.54) is 0 Å². The van der Waals surface area contributed by atoms with Crippen LogP contribution < -0.4 is 10.1 Å². The van der Waals surface area contributed by atoms with Crippen LogP contribution in [0, 0.1) is 6.92 Å². The Morgan fingerprint density at radius 3 is 2.91 bits per heavy atom. The standard InChI is InChI=1S/C16H20ClN3O3/c1-12-10-15(19-23-12)18-16(21)6-7-20(2)8-9-22-14-5-3-4-13(17)11-14/h3-5,10-11H,6-9H2,1-2H3,(H,18,19,21). The number of hydrogen-bond acceptors (Lipinski definition) is 5. The maximum atomic E-state index is 11.8. The van der Waals surface area contributed by atoms with Crippen molar-refractivity contribution in [3.05, 3.63) is 41.1 Å². The first-order chi connectivity index (χ1) is 11.0. The molecule has 0 radical (unpaired) electrons. The molecule has 1 amide bonds. The topological polar surface area (TPSA) is 67.6 Å². The first kappa shape index (κ1) is 17.3. The predicted octanol–water partition coefficient (Wildman–Crippen LogP) is 2.98. The van der Waals surface area contributed by atoms with Gasteiger partial charge in [-0.3, -0.25) is 4.79 Å². The minimum Gasteiger partial charge on any atom is -0.492 e. The summed E-state index contributed by atoms with van der Waals surface area (Å²) in [6.45, 7) is 3.64. The van der Waals surface area contributed by atoms with Crippen molar-refractivity contribution in [3.63, 3.8) is 0 Å². The number of aromatic nitrogens is 1. The van der Waals surface area contributed by atoms with Crippen molar-refractivity contribution in [3.8, 4) is 5.75 Å². The Kier molecular flexibility index (Phi) is 6.43. The van der Waals surface area contributed by atoms with Crippen molar-refractivity contribution in [1.82, 2.24) is 10.1 Å². The molecule has 23 heavy (non-hydrogen) atoms. The number of carbonyl (C=O) groups excluding carboxylic acids is 1. The fraction of sp³-hybridized carbons (Fsp3) is 0.375. The molecule has 0 atom stereocenters. The Hall–Kier alpha value is -2.05. The summed E-state index contributed by atoms with van der Waals surface area (Å²) >= 11 is 5.89. The number of nitrogens with one attached hydrogen (secondary N) is 1. The summed E-state index contributed by atoms with van der Waals surface area (Å²) in [5, 5.41) is 7.06. The maximum Gasteiger partial charge on any atom is 0.226 e. The molecular weight excluding hydrogens is 318 g/mol. The largest absolute Gasteiger partial charge is 0.492 e. The van der Waals surface area contributed by atoms with Gasteiger partial charge in [0.1, 0.15) is 18.1 Å². The molecule has 2 rings (SSSR count). The van der Waals surface area contributed by atoms with Crippen LogP contribution in [-0.2, 0) is 4.79 Å². The molecule has 6 nitrogen and oxygen atoms in total. The molecule has 0 spiro atoms. The van der Waals surface area contributed by atoms with Gasteiger partial charge in [-0.05, 0) is 32.2 Å². The SMILES string of the molecule is Cc1cc(NC(=O)CCN(C)CCOc2cccc(Cl)c2)no1. The number of rotatable bonds is 8. The maximum absolute atomic E-state index is 11.8. The van der Waals surface area contributed by atoms with E-state index in [9.17, 15) is 4.79 Å². The average molecular weight is 338 g/mol. The van der Waals surface area contributed by atoms with Gasteiger partial charge in [-0.1, -0.05) is 22.8 Å². The number of carbonyl (C=O) groups is 1. The highest BCUT2D eigenvalue weighted by atomic mass is 35.5. The molecular formula is C16H20ClN3O3. The van der Waals surface area contributed by atoms with E-state index in [0.717, 1.165) is 5.75 Å². The molecule has 0 aliphatic heterocycles. The second kappa shape index (κ2) is 8.55. The van der Waals surface area contributed by atoms with Gasteiger partial charge < -0.3 is 19.5 Å². The molecule has 1 aromatic heterocycles. The normalized spacial score (nSPS) is 10.8. The highest BCUT2D eigenvalue weighted by Crippen LogP contribution is 2.16. The smallest absolute Gasteiger partial charge is 0.226 e. The number of hydrogen-bond donors (Lipinski definition) is 1. The molecule has 1 aromatic carbocycles. The zero-order valence-corrected chi connectivity index (χ0v) is 14.0. The fourth-order valence-electron chi connectivity index (χ4n) is 1.91. The number of ether oxygens (including phenoxy) is 1. The highest BCUT2D eigenvalue weighted by molar-refractivity contribution is 6.30. The summed E-state index contributed by atoms with van der Waals surface area (Å²) in [5.41, 5.74) is 0. The Balaban J connectivity index is 1.62. The number of anilines is 1. The summed E-state index contributed by atoms with van der Waals surface area (Å²) in [7, 11) is 1.94. The molecule has 0 fully saturated rings. The average Bonchev–Trinajstić information content (AvgIpc) is 2.90. The van der Waals surface area contributed by atoms with Crippen LogP contribution in [0.2, 0.25) is 5.02 Å². The minimum atomic E-state index is -0.0964. The van der Waals surface area contributed by atoms with Crippen molar-refractivity contribution >= 4 is 23.3 Å². The number of aryl methyl sites for hydroxylation is 1. The van der Waals surface area contributed by atoms with E-state index in [1.54, 1.807) is 25.1 Å². The molecule has 1 N–H and O–H groups in total. The van der Waals surface area contributed by atoms with E-state index >= 15 is 0 Å². The Morgan fingerprint density at radius 1 is 1.39 bits per heavy atom. The van der Waals surface area contributed by atoms with Gasteiger partial charge in [-0.25, -0.2) is 0 Å². The molecule has 0 saturated heterocycles. The lowest BCUT2D eigenvalue weighted by Gasteiger charge is -2.16.